The highest BCUT2D eigenvalue weighted by molar-refractivity contribution is 9.10. The molecule has 0 amide bonds. The maximum Gasteiger partial charge on any atom is 0.159 e. The summed E-state index contributed by atoms with van der Waals surface area (Å²) in [5.41, 5.74) is 0. The van der Waals surface area contributed by atoms with Gasteiger partial charge in [0.25, 0.3) is 0 Å². The quantitative estimate of drug-likeness (QED) is 0.934. The van der Waals surface area contributed by atoms with Gasteiger partial charge in [0.1, 0.15) is 5.01 Å². The number of nitrogens with zero attached hydrogens (tertiary/aromatic N) is 2. The van der Waals surface area contributed by atoms with Gasteiger partial charge in [-0.1, -0.05) is 18.3 Å². The molecule has 0 aromatic carbocycles. The summed E-state index contributed by atoms with van der Waals surface area (Å²) in [4.78, 5) is 1.16. The van der Waals surface area contributed by atoms with Crippen LogP contribution in [0, 0.1) is 0 Å². The molecule has 0 saturated heterocycles. The lowest BCUT2D eigenvalue weighted by Crippen LogP contribution is -2.17. The van der Waals surface area contributed by atoms with E-state index in [-0.39, 0.29) is 6.04 Å². The number of hydrogen-bond acceptors (Lipinski definition) is 5. The lowest BCUT2D eigenvalue weighted by molar-refractivity contribution is 0.590. The lowest BCUT2D eigenvalue weighted by atomic mass is 10.3. The Morgan fingerprint density at radius 3 is 2.94 bits per heavy atom. The summed E-state index contributed by atoms with van der Waals surface area (Å²) in [5, 5.41) is 15.9. The maximum absolute atomic E-state index is 4.23. The Kier molecular flexibility index (Phi) is 4.07. The number of rotatable bonds is 4. The van der Waals surface area contributed by atoms with Crippen LogP contribution in [0.3, 0.4) is 0 Å². The monoisotopic (exact) mass is 317 g/mol. The van der Waals surface area contributed by atoms with Gasteiger partial charge in [-0.2, -0.15) is 0 Å². The fourth-order valence-corrected chi connectivity index (χ4v) is 4.00. The molecule has 0 saturated carbocycles. The summed E-state index contributed by atoms with van der Waals surface area (Å²) in [6.45, 7) is 5.14. The van der Waals surface area contributed by atoms with E-state index in [1.165, 1.54) is 0 Å². The highest BCUT2D eigenvalue weighted by Crippen LogP contribution is 2.36. The van der Waals surface area contributed by atoms with E-state index in [4.69, 9.17) is 0 Å². The Labute approximate surface area is 111 Å². The third-order valence-corrected chi connectivity index (χ3v) is 5.23. The van der Waals surface area contributed by atoms with E-state index >= 15 is 0 Å². The van der Waals surface area contributed by atoms with E-state index in [0.29, 0.717) is 0 Å². The maximum atomic E-state index is 4.23. The normalized spacial score (nSPS) is 12.9. The molecule has 1 unspecified atom stereocenters. The van der Waals surface area contributed by atoms with Crippen molar-refractivity contribution in [3.63, 3.8) is 0 Å². The van der Waals surface area contributed by atoms with Crippen LogP contribution in [0.25, 0.3) is 9.88 Å². The van der Waals surface area contributed by atoms with Gasteiger partial charge in [-0.25, -0.2) is 0 Å². The van der Waals surface area contributed by atoms with Crippen LogP contribution >= 0.6 is 38.6 Å². The molecule has 2 aromatic heterocycles. The number of hydrogen-bond donors (Lipinski definition) is 1. The number of halogens is 1. The van der Waals surface area contributed by atoms with E-state index < -0.39 is 0 Å². The molecular weight excluding hydrogens is 306 g/mol. The van der Waals surface area contributed by atoms with Gasteiger partial charge in [-0.3, -0.25) is 0 Å². The fraction of sp³-hybridized carbons (Fsp3) is 0.400. The first kappa shape index (κ1) is 12.2. The standard InChI is InChI=1S/C10H12BrN3S2/c1-3-12-6(2)9-13-14-10(16-9)8-7(11)4-5-15-8/h4-6,12H,3H2,1-2H3. The van der Waals surface area contributed by atoms with Crippen molar-refractivity contribution < 1.29 is 0 Å². The predicted molar refractivity (Wildman–Crippen MR) is 73.0 cm³/mol. The molecule has 2 rings (SSSR count). The van der Waals surface area contributed by atoms with Gasteiger partial charge in [0.05, 0.1) is 10.9 Å². The molecule has 0 bridgehead atoms. The van der Waals surface area contributed by atoms with Crippen molar-refractivity contribution >= 4 is 38.6 Å². The molecular formula is C10H12BrN3S2. The van der Waals surface area contributed by atoms with E-state index in [9.17, 15) is 0 Å². The third kappa shape index (κ3) is 2.51. The molecule has 3 nitrogen and oxygen atoms in total. The largest absolute Gasteiger partial charge is 0.308 e. The first-order valence-electron chi connectivity index (χ1n) is 5.02. The summed E-state index contributed by atoms with van der Waals surface area (Å²) >= 11 is 6.84. The van der Waals surface area contributed by atoms with E-state index in [1.807, 2.05) is 11.4 Å². The zero-order valence-electron chi connectivity index (χ0n) is 9.03. The highest BCUT2D eigenvalue weighted by Gasteiger charge is 2.14. The SMILES string of the molecule is CCNC(C)c1nnc(-c2sccc2Br)s1. The Hall–Kier alpha value is -0.300. The van der Waals surface area contributed by atoms with Crippen LogP contribution < -0.4 is 5.32 Å². The Bertz CT molecular complexity index is 466. The number of nitrogens with one attached hydrogen (secondary N) is 1. The van der Waals surface area contributed by atoms with E-state index in [0.717, 1.165) is 25.9 Å². The summed E-state index contributed by atoms with van der Waals surface area (Å²) < 4.78 is 1.09. The second kappa shape index (κ2) is 5.35. The van der Waals surface area contributed by atoms with Crippen molar-refractivity contribution in [1.82, 2.24) is 15.5 Å². The summed E-state index contributed by atoms with van der Waals surface area (Å²) in [6, 6.07) is 2.31. The van der Waals surface area contributed by atoms with Gasteiger partial charge in [0, 0.05) is 4.47 Å². The molecule has 6 heteroatoms. The molecule has 86 valence electrons. The van der Waals surface area contributed by atoms with Gasteiger partial charge in [0.15, 0.2) is 5.01 Å². The van der Waals surface area contributed by atoms with Crippen molar-refractivity contribution in [1.29, 1.82) is 0 Å². The first-order valence-corrected chi connectivity index (χ1v) is 7.51. The van der Waals surface area contributed by atoms with Gasteiger partial charge in [-0.05, 0) is 40.8 Å². The summed E-state index contributed by atoms with van der Waals surface area (Å²) in [5.74, 6) is 0. The molecule has 1 atom stereocenters. The molecule has 0 radical (unpaired) electrons. The van der Waals surface area contributed by atoms with Crippen molar-refractivity contribution in [3.8, 4) is 9.88 Å². The molecule has 0 fully saturated rings. The minimum absolute atomic E-state index is 0.273. The molecule has 1 N–H and O–H groups in total. The van der Waals surface area contributed by atoms with Gasteiger partial charge >= 0.3 is 0 Å². The average Bonchev–Trinajstić information content (AvgIpc) is 2.86. The van der Waals surface area contributed by atoms with Crippen molar-refractivity contribution in [2.24, 2.45) is 0 Å². The van der Waals surface area contributed by atoms with Crippen LogP contribution in [0.4, 0.5) is 0 Å². The molecule has 16 heavy (non-hydrogen) atoms. The third-order valence-electron chi connectivity index (χ3n) is 2.13. The first-order chi connectivity index (χ1) is 7.72. The fourth-order valence-electron chi connectivity index (χ4n) is 1.34. The predicted octanol–water partition coefficient (Wildman–Crippen LogP) is 3.70. The van der Waals surface area contributed by atoms with Gasteiger partial charge in [-0.15, -0.1) is 21.5 Å². The number of thiophene rings is 1. The minimum Gasteiger partial charge on any atom is -0.308 e. The van der Waals surface area contributed by atoms with Gasteiger partial charge in [0.2, 0.25) is 0 Å². The summed E-state index contributed by atoms with van der Waals surface area (Å²) in [7, 11) is 0. The highest BCUT2D eigenvalue weighted by atomic mass is 79.9. The Morgan fingerprint density at radius 2 is 2.31 bits per heavy atom. The molecule has 2 heterocycles. The van der Waals surface area contributed by atoms with Crippen molar-refractivity contribution in [2.45, 2.75) is 19.9 Å². The van der Waals surface area contributed by atoms with E-state index in [1.54, 1.807) is 22.7 Å². The average molecular weight is 318 g/mol. The Morgan fingerprint density at radius 1 is 1.50 bits per heavy atom. The van der Waals surface area contributed by atoms with Crippen LogP contribution in [-0.2, 0) is 0 Å². The Balaban J connectivity index is 2.23. The van der Waals surface area contributed by atoms with Crippen LogP contribution in [0.2, 0.25) is 0 Å². The van der Waals surface area contributed by atoms with Crippen LogP contribution in [0.5, 0.6) is 0 Å². The zero-order chi connectivity index (χ0) is 11.5. The van der Waals surface area contributed by atoms with Crippen LogP contribution in [0.15, 0.2) is 15.9 Å². The van der Waals surface area contributed by atoms with Crippen molar-refractivity contribution in [3.05, 3.63) is 20.9 Å². The smallest absolute Gasteiger partial charge is 0.159 e. The lowest BCUT2D eigenvalue weighted by Gasteiger charge is -2.06. The molecule has 0 spiro atoms. The second-order valence-corrected chi connectivity index (χ2v) is 6.10. The summed E-state index contributed by atoms with van der Waals surface area (Å²) in [6.07, 6.45) is 0. The molecule has 0 aliphatic carbocycles. The van der Waals surface area contributed by atoms with Crippen LogP contribution in [0.1, 0.15) is 24.9 Å². The molecule has 0 aliphatic rings. The van der Waals surface area contributed by atoms with Crippen molar-refractivity contribution in [2.75, 3.05) is 6.54 Å². The number of aromatic nitrogens is 2. The van der Waals surface area contributed by atoms with Crippen LogP contribution in [-0.4, -0.2) is 16.7 Å². The van der Waals surface area contributed by atoms with Gasteiger partial charge < -0.3 is 5.32 Å². The second-order valence-electron chi connectivity index (χ2n) is 3.32. The van der Waals surface area contributed by atoms with E-state index in [2.05, 4.69) is 45.3 Å². The minimum atomic E-state index is 0.273. The topological polar surface area (TPSA) is 37.8 Å². The zero-order valence-corrected chi connectivity index (χ0v) is 12.2. The molecule has 2 aromatic rings. The molecule has 0 aliphatic heterocycles.